The van der Waals surface area contributed by atoms with E-state index in [9.17, 15) is 19.8 Å². The molecule has 1 fully saturated rings. The molecule has 0 amide bonds. The number of anilines is 1. The molecule has 28 heavy (non-hydrogen) atoms. The summed E-state index contributed by atoms with van der Waals surface area (Å²) in [7, 11) is 0. The van der Waals surface area contributed by atoms with E-state index in [4.69, 9.17) is 26.1 Å². The monoisotopic (exact) mass is 401 g/mol. The number of nitrogens with two attached hydrogens (primary N) is 2. The molecule has 2 heterocycles. The van der Waals surface area contributed by atoms with Gasteiger partial charge in [0.25, 0.3) is 0 Å². The maximum absolute atomic E-state index is 12.0. The topological polar surface area (TPSA) is 195 Å². The highest BCUT2D eigenvalue weighted by molar-refractivity contribution is 5.75. The second kappa shape index (κ2) is 10.5. The number of aliphatic hydroxyl groups excluding tert-OH is 2. The average molecular weight is 401 g/mol. The van der Waals surface area contributed by atoms with E-state index in [-0.39, 0.29) is 12.4 Å². The Labute approximate surface area is 161 Å². The van der Waals surface area contributed by atoms with Gasteiger partial charge in [-0.3, -0.25) is 20.0 Å². The summed E-state index contributed by atoms with van der Waals surface area (Å²) in [6.07, 6.45) is -0.958. The summed E-state index contributed by atoms with van der Waals surface area (Å²) >= 11 is 0. The zero-order chi connectivity index (χ0) is 20.7. The van der Waals surface area contributed by atoms with Crippen molar-refractivity contribution in [2.75, 3.05) is 18.6 Å². The number of esters is 1. The van der Waals surface area contributed by atoms with E-state index in [1.54, 1.807) is 5.48 Å². The van der Waals surface area contributed by atoms with Gasteiger partial charge >= 0.3 is 11.7 Å². The molecule has 1 aliphatic heterocycles. The van der Waals surface area contributed by atoms with Crippen molar-refractivity contribution in [2.45, 2.75) is 56.3 Å². The molecule has 1 aliphatic rings. The first kappa shape index (κ1) is 22.2. The van der Waals surface area contributed by atoms with Crippen molar-refractivity contribution in [3.63, 3.8) is 0 Å². The van der Waals surface area contributed by atoms with E-state index in [0.717, 1.165) is 23.8 Å². The minimum atomic E-state index is -1.44. The van der Waals surface area contributed by atoms with Crippen molar-refractivity contribution in [1.29, 1.82) is 0 Å². The van der Waals surface area contributed by atoms with Gasteiger partial charge in [0.2, 0.25) is 0 Å². The lowest BCUT2D eigenvalue weighted by Crippen LogP contribution is -2.38. The molecule has 0 bridgehead atoms. The van der Waals surface area contributed by atoms with Crippen LogP contribution in [0.4, 0.5) is 5.82 Å². The predicted molar refractivity (Wildman–Crippen MR) is 96.3 cm³/mol. The van der Waals surface area contributed by atoms with Crippen LogP contribution >= 0.6 is 0 Å². The molecule has 0 unspecified atom stereocenters. The molecule has 0 saturated carbocycles. The van der Waals surface area contributed by atoms with E-state index >= 15 is 0 Å². The summed E-state index contributed by atoms with van der Waals surface area (Å²) < 4.78 is 11.5. The van der Waals surface area contributed by atoms with E-state index in [1.807, 2.05) is 0 Å². The second-order valence-corrected chi connectivity index (χ2v) is 6.54. The molecular weight excluding hydrogens is 374 g/mol. The Hall–Kier alpha value is -2.09. The highest BCUT2D eigenvalue weighted by atomic mass is 16.6. The van der Waals surface area contributed by atoms with Crippen LogP contribution in [0.5, 0.6) is 0 Å². The number of hydrogen-bond donors (Lipinski definition) is 6. The number of carbonyl (C=O) groups excluding carboxylic acids is 1. The van der Waals surface area contributed by atoms with Gasteiger partial charge in [0.1, 0.15) is 31.0 Å². The number of aliphatic hydroxyl groups is 2. The zero-order valence-electron chi connectivity index (χ0n) is 15.3. The first-order valence-corrected chi connectivity index (χ1v) is 9.02. The van der Waals surface area contributed by atoms with Crippen molar-refractivity contribution in [2.24, 2.45) is 11.5 Å². The van der Waals surface area contributed by atoms with Crippen molar-refractivity contribution in [3.05, 3.63) is 22.7 Å². The number of nitrogens with one attached hydrogen (secondary N) is 1. The fourth-order valence-electron chi connectivity index (χ4n) is 2.84. The van der Waals surface area contributed by atoms with Crippen LogP contribution in [-0.2, 0) is 14.3 Å². The van der Waals surface area contributed by atoms with Crippen LogP contribution < -0.4 is 22.6 Å². The normalized spacial score (nSPS) is 25.5. The van der Waals surface area contributed by atoms with Crippen LogP contribution in [0.25, 0.3) is 0 Å². The molecule has 5 atom stereocenters. The van der Waals surface area contributed by atoms with Gasteiger partial charge in [0.15, 0.2) is 12.0 Å². The quantitative estimate of drug-likeness (QED) is 0.145. The van der Waals surface area contributed by atoms with E-state index in [0.29, 0.717) is 13.0 Å². The van der Waals surface area contributed by atoms with Crippen LogP contribution in [0, 0.1) is 0 Å². The fourth-order valence-corrected chi connectivity index (χ4v) is 2.84. The molecule has 1 saturated heterocycles. The lowest BCUT2D eigenvalue weighted by atomic mass is 10.1. The molecular formula is C16H27N5O7. The summed E-state index contributed by atoms with van der Waals surface area (Å²) in [5.74, 6) is -0.723. The third-order valence-electron chi connectivity index (χ3n) is 4.47. The van der Waals surface area contributed by atoms with Crippen LogP contribution in [-0.4, -0.2) is 68.4 Å². The molecule has 158 valence electrons. The summed E-state index contributed by atoms with van der Waals surface area (Å²) in [4.78, 5) is 27.4. The third-order valence-corrected chi connectivity index (χ3v) is 4.47. The smallest absolute Gasteiger partial charge is 0.351 e. The van der Waals surface area contributed by atoms with E-state index in [2.05, 4.69) is 4.98 Å². The van der Waals surface area contributed by atoms with Crippen LogP contribution in [0.2, 0.25) is 0 Å². The number of hydrogen-bond acceptors (Lipinski definition) is 11. The van der Waals surface area contributed by atoms with Crippen molar-refractivity contribution in [3.8, 4) is 0 Å². The SMILES string of the molecule is NCCCCC[C@@H](N)C(=O)OC[C@H]1O[C@@H](n2ccc(NO)nc2=O)[C@H](O)[C@@H]1O. The minimum Gasteiger partial charge on any atom is -0.462 e. The molecule has 0 radical (unpaired) electrons. The first-order chi connectivity index (χ1) is 13.4. The zero-order valence-corrected chi connectivity index (χ0v) is 15.3. The van der Waals surface area contributed by atoms with Crippen molar-refractivity contribution < 1.29 is 29.7 Å². The first-order valence-electron chi connectivity index (χ1n) is 9.02. The van der Waals surface area contributed by atoms with Gasteiger partial charge in [-0.2, -0.15) is 4.98 Å². The Morgan fingerprint density at radius 3 is 2.75 bits per heavy atom. The lowest BCUT2D eigenvalue weighted by Gasteiger charge is -2.17. The molecule has 0 aromatic carbocycles. The molecule has 1 aromatic heterocycles. The predicted octanol–water partition coefficient (Wildman–Crippen LogP) is -1.95. The fraction of sp³-hybridized carbons (Fsp3) is 0.688. The van der Waals surface area contributed by atoms with Gasteiger partial charge in [0, 0.05) is 6.20 Å². The molecule has 1 aromatic rings. The highest BCUT2D eigenvalue weighted by Gasteiger charge is 2.44. The van der Waals surface area contributed by atoms with Gasteiger partial charge in [-0.1, -0.05) is 12.8 Å². The van der Waals surface area contributed by atoms with Crippen molar-refractivity contribution in [1.82, 2.24) is 9.55 Å². The Morgan fingerprint density at radius 1 is 1.36 bits per heavy atom. The lowest BCUT2D eigenvalue weighted by molar-refractivity contribution is -0.151. The maximum Gasteiger partial charge on any atom is 0.351 e. The number of ether oxygens (including phenoxy) is 2. The Balaban J connectivity index is 1.90. The summed E-state index contributed by atoms with van der Waals surface area (Å²) in [6, 6.07) is 0.475. The van der Waals surface area contributed by atoms with Gasteiger partial charge in [0.05, 0.1) is 0 Å². The minimum absolute atomic E-state index is 0.0831. The van der Waals surface area contributed by atoms with Crippen LogP contribution in [0.3, 0.4) is 0 Å². The molecule has 8 N–H and O–H groups in total. The van der Waals surface area contributed by atoms with Crippen molar-refractivity contribution >= 4 is 11.8 Å². The summed E-state index contributed by atoms with van der Waals surface area (Å²) in [5, 5.41) is 29.1. The number of unbranched alkanes of at least 4 members (excludes halogenated alkanes) is 2. The maximum atomic E-state index is 12.0. The Bertz CT molecular complexity index is 700. The number of aromatic nitrogens is 2. The van der Waals surface area contributed by atoms with Gasteiger partial charge in [-0.25, -0.2) is 4.79 Å². The van der Waals surface area contributed by atoms with E-state index in [1.165, 1.54) is 12.3 Å². The second-order valence-electron chi connectivity index (χ2n) is 6.54. The van der Waals surface area contributed by atoms with E-state index < -0.39 is 42.2 Å². The number of carbonyl (C=O) groups is 1. The largest absolute Gasteiger partial charge is 0.462 e. The van der Waals surface area contributed by atoms with Crippen LogP contribution in [0.15, 0.2) is 17.1 Å². The molecule has 2 rings (SSSR count). The summed E-state index contributed by atoms with van der Waals surface area (Å²) in [5.41, 5.74) is 12.1. The number of rotatable bonds is 10. The van der Waals surface area contributed by atoms with Gasteiger partial charge in [-0.15, -0.1) is 0 Å². The van der Waals surface area contributed by atoms with Gasteiger partial charge < -0.3 is 31.2 Å². The molecule has 12 nitrogen and oxygen atoms in total. The highest BCUT2D eigenvalue weighted by Crippen LogP contribution is 2.28. The standard InChI is InChI=1S/C16H27N5O7/c17-6-3-1-2-4-9(18)15(24)27-8-10-12(22)13(23)14(28-10)21-7-5-11(20-26)19-16(21)25/h5,7,9-10,12-14,22-23,26H,1-4,6,8,17-18H2,(H,19,20,25)/t9-,10-,12-,13-,14-/m1/s1. The number of nitrogens with zero attached hydrogens (tertiary/aromatic N) is 2. The molecule has 0 aliphatic carbocycles. The third kappa shape index (κ3) is 5.47. The average Bonchev–Trinajstić information content (AvgIpc) is 2.97. The molecule has 12 heteroatoms. The van der Waals surface area contributed by atoms with Gasteiger partial charge in [-0.05, 0) is 25.5 Å². The molecule has 0 spiro atoms. The Kier molecular flexibility index (Phi) is 8.29. The van der Waals surface area contributed by atoms with Crippen LogP contribution in [0.1, 0.15) is 31.9 Å². The Morgan fingerprint density at radius 2 is 2.11 bits per heavy atom. The summed E-state index contributed by atoms with van der Waals surface area (Å²) in [6.45, 7) is 0.250.